The van der Waals surface area contributed by atoms with Crippen LogP contribution in [0, 0.1) is 6.92 Å². The number of nitrogens with two attached hydrogens (primary N) is 1. The molecular weight excluding hydrogens is 274 g/mol. The van der Waals surface area contributed by atoms with Crippen molar-refractivity contribution in [3.63, 3.8) is 0 Å². The van der Waals surface area contributed by atoms with Crippen molar-refractivity contribution in [3.8, 4) is 22.8 Å². The number of aromatic nitrogens is 2. The second-order valence-corrected chi connectivity index (χ2v) is 4.85. The third-order valence-electron chi connectivity index (χ3n) is 3.10. The van der Waals surface area contributed by atoms with Gasteiger partial charge in [-0.3, -0.25) is 0 Å². The van der Waals surface area contributed by atoms with Gasteiger partial charge < -0.3 is 10.3 Å². The summed E-state index contributed by atoms with van der Waals surface area (Å²) in [5.74, 6) is 0.840. The molecule has 0 atom stereocenters. The number of aryl methyl sites for hydroxylation is 1. The molecule has 20 heavy (non-hydrogen) atoms. The van der Waals surface area contributed by atoms with Gasteiger partial charge in [-0.2, -0.15) is 4.98 Å². The molecule has 0 aliphatic heterocycles. The molecule has 3 aromatic rings. The Hall–Kier alpha value is -2.33. The first-order chi connectivity index (χ1) is 9.66. The fraction of sp³-hybridized carbons (Fsp3) is 0.0667. The molecule has 1 heterocycles. The van der Waals surface area contributed by atoms with Crippen LogP contribution in [0.25, 0.3) is 22.8 Å². The van der Waals surface area contributed by atoms with Gasteiger partial charge in [-0.15, -0.1) is 0 Å². The van der Waals surface area contributed by atoms with E-state index in [1.165, 1.54) is 0 Å². The Balaban J connectivity index is 2.07. The highest BCUT2D eigenvalue weighted by molar-refractivity contribution is 6.33. The second-order valence-electron chi connectivity index (χ2n) is 4.44. The molecule has 0 radical (unpaired) electrons. The van der Waals surface area contributed by atoms with Crippen molar-refractivity contribution in [3.05, 3.63) is 53.1 Å². The molecule has 0 spiro atoms. The van der Waals surface area contributed by atoms with Gasteiger partial charge >= 0.3 is 0 Å². The van der Waals surface area contributed by atoms with Crippen LogP contribution in [-0.4, -0.2) is 10.1 Å². The van der Waals surface area contributed by atoms with E-state index in [-0.39, 0.29) is 0 Å². The van der Waals surface area contributed by atoms with Crippen molar-refractivity contribution >= 4 is 17.3 Å². The lowest BCUT2D eigenvalue weighted by Gasteiger charge is -2.03. The zero-order chi connectivity index (χ0) is 14.1. The van der Waals surface area contributed by atoms with Crippen LogP contribution in [0.3, 0.4) is 0 Å². The van der Waals surface area contributed by atoms with E-state index in [1.807, 2.05) is 43.3 Å². The van der Waals surface area contributed by atoms with Crippen molar-refractivity contribution < 1.29 is 4.52 Å². The predicted octanol–water partition coefficient (Wildman–Crippen LogP) is 3.95. The third kappa shape index (κ3) is 2.14. The highest BCUT2D eigenvalue weighted by Crippen LogP contribution is 2.30. The summed E-state index contributed by atoms with van der Waals surface area (Å²) in [4.78, 5) is 4.37. The lowest BCUT2D eigenvalue weighted by atomic mass is 10.1. The topological polar surface area (TPSA) is 64.9 Å². The first-order valence-electron chi connectivity index (χ1n) is 6.11. The van der Waals surface area contributed by atoms with Crippen LogP contribution in [0.1, 0.15) is 5.56 Å². The maximum absolute atomic E-state index is 6.12. The predicted molar refractivity (Wildman–Crippen MR) is 79.3 cm³/mol. The van der Waals surface area contributed by atoms with Gasteiger partial charge in [-0.05, 0) is 30.7 Å². The van der Waals surface area contributed by atoms with Crippen LogP contribution in [0.5, 0.6) is 0 Å². The fourth-order valence-corrected chi connectivity index (χ4v) is 2.17. The summed E-state index contributed by atoms with van der Waals surface area (Å²) >= 11 is 6.12. The maximum Gasteiger partial charge on any atom is 0.260 e. The van der Waals surface area contributed by atoms with Crippen molar-refractivity contribution in [2.75, 3.05) is 5.73 Å². The molecule has 0 saturated heterocycles. The van der Waals surface area contributed by atoms with Gasteiger partial charge in [0.25, 0.3) is 5.89 Å². The summed E-state index contributed by atoms with van der Waals surface area (Å²) in [6.45, 7) is 1.93. The van der Waals surface area contributed by atoms with Crippen molar-refractivity contribution in [1.82, 2.24) is 10.1 Å². The minimum absolute atomic E-state index is 0.390. The van der Waals surface area contributed by atoms with Crippen LogP contribution in [0.15, 0.2) is 47.0 Å². The summed E-state index contributed by atoms with van der Waals surface area (Å²) in [6.07, 6.45) is 0. The second kappa shape index (κ2) is 4.98. The van der Waals surface area contributed by atoms with E-state index in [0.717, 1.165) is 16.7 Å². The molecule has 3 rings (SSSR count). The highest BCUT2D eigenvalue weighted by atomic mass is 35.5. The first-order valence-corrected chi connectivity index (χ1v) is 6.48. The Morgan fingerprint density at radius 1 is 1.05 bits per heavy atom. The summed E-state index contributed by atoms with van der Waals surface area (Å²) in [5, 5.41) is 4.55. The molecular formula is C15H12ClN3O. The Morgan fingerprint density at radius 2 is 1.80 bits per heavy atom. The van der Waals surface area contributed by atoms with Gasteiger partial charge in [0.05, 0.1) is 10.6 Å². The highest BCUT2D eigenvalue weighted by Gasteiger charge is 2.15. The van der Waals surface area contributed by atoms with Gasteiger partial charge in [0, 0.05) is 11.3 Å². The lowest BCUT2D eigenvalue weighted by molar-refractivity contribution is 0.432. The van der Waals surface area contributed by atoms with Gasteiger partial charge in [-0.25, -0.2) is 0 Å². The van der Waals surface area contributed by atoms with Crippen LogP contribution < -0.4 is 5.73 Å². The summed E-state index contributed by atoms with van der Waals surface area (Å²) < 4.78 is 5.30. The summed E-state index contributed by atoms with van der Waals surface area (Å²) in [6, 6.07) is 13.0. The minimum Gasteiger partial charge on any atom is -0.398 e. The Bertz CT molecular complexity index is 767. The van der Waals surface area contributed by atoms with E-state index in [4.69, 9.17) is 21.9 Å². The molecule has 100 valence electrons. The largest absolute Gasteiger partial charge is 0.398 e. The van der Waals surface area contributed by atoms with Gasteiger partial charge in [-0.1, -0.05) is 41.0 Å². The Morgan fingerprint density at radius 3 is 2.60 bits per heavy atom. The number of para-hydroxylation sites is 1. The zero-order valence-corrected chi connectivity index (χ0v) is 11.6. The number of nitrogen functional groups attached to an aromatic ring is 1. The van der Waals surface area contributed by atoms with Crippen molar-refractivity contribution in [1.29, 1.82) is 0 Å². The van der Waals surface area contributed by atoms with Crippen molar-refractivity contribution in [2.24, 2.45) is 0 Å². The molecule has 0 bridgehead atoms. The van der Waals surface area contributed by atoms with E-state index in [0.29, 0.717) is 22.4 Å². The number of benzene rings is 2. The molecule has 0 fully saturated rings. The summed E-state index contributed by atoms with van der Waals surface area (Å²) in [5.41, 5.74) is 9.12. The van der Waals surface area contributed by atoms with E-state index in [2.05, 4.69) is 10.1 Å². The molecule has 5 heteroatoms. The maximum atomic E-state index is 6.12. The van der Waals surface area contributed by atoms with Gasteiger partial charge in [0.1, 0.15) is 0 Å². The number of nitrogens with zero attached hydrogens (tertiary/aromatic N) is 2. The minimum atomic E-state index is 0.390. The normalized spacial score (nSPS) is 10.7. The third-order valence-corrected chi connectivity index (χ3v) is 3.42. The van der Waals surface area contributed by atoms with E-state index in [9.17, 15) is 0 Å². The smallest absolute Gasteiger partial charge is 0.260 e. The number of halogens is 1. The van der Waals surface area contributed by atoms with Crippen LogP contribution in [0.2, 0.25) is 5.02 Å². The average Bonchev–Trinajstić information content (AvgIpc) is 2.92. The number of hydrogen-bond acceptors (Lipinski definition) is 4. The molecule has 0 amide bonds. The van der Waals surface area contributed by atoms with Crippen LogP contribution >= 0.6 is 11.6 Å². The number of hydrogen-bond donors (Lipinski definition) is 1. The molecule has 2 N–H and O–H groups in total. The molecule has 1 aromatic heterocycles. The van der Waals surface area contributed by atoms with Gasteiger partial charge in [0.15, 0.2) is 0 Å². The van der Waals surface area contributed by atoms with Crippen LogP contribution in [0.4, 0.5) is 5.69 Å². The molecule has 0 saturated carbocycles. The van der Waals surface area contributed by atoms with Crippen LogP contribution in [-0.2, 0) is 0 Å². The quantitative estimate of drug-likeness (QED) is 0.724. The SMILES string of the molecule is Cc1cccc(-c2nc(-c3ccccc3Cl)no2)c1N. The monoisotopic (exact) mass is 285 g/mol. The lowest BCUT2D eigenvalue weighted by Crippen LogP contribution is -1.93. The zero-order valence-electron chi connectivity index (χ0n) is 10.8. The molecule has 0 aliphatic rings. The fourth-order valence-electron chi connectivity index (χ4n) is 1.95. The molecule has 2 aromatic carbocycles. The van der Waals surface area contributed by atoms with Gasteiger partial charge in [0.2, 0.25) is 5.82 Å². The van der Waals surface area contributed by atoms with E-state index >= 15 is 0 Å². The molecule has 0 unspecified atom stereocenters. The number of anilines is 1. The standard InChI is InChI=1S/C15H12ClN3O/c1-9-5-4-7-11(13(9)17)15-18-14(19-20-15)10-6-2-3-8-12(10)16/h2-8H,17H2,1H3. The molecule has 0 aliphatic carbocycles. The van der Waals surface area contributed by atoms with E-state index < -0.39 is 0 Å². The first kappa shape index (κ1) is 12.7. The number of rotatable bonds is 2. The van der Waals surface area contributed by atoms with Crippen molar-refractivity contribution in [2.45, 2.75) is 6.92 Å². The molecule has 4 nitrogen and oxygen atoms in total. The Kier molecular flexibility index (Phi) is 3.16. The summed E-state index contributed by atoms with van der Waals surface area (Å²) in [7, 11) is 0. The van der Waals surface area contributed by atoms with E-state index in [1.54, 1.807) is 6.07 Å². The average molecular weight is 286 g/mol. The Labute approximate surface area is 121 Å².